The van der Waals surface area contributed by atoms with Crippen LogP contribution in [0.2, 0.25) is 0 Å². The molecule has 7 nitrogen and oxygen atoms in total. The van der Waals surface area contributed by atoms with Crippen LogP contribution in [0.4, 0.5) is 5.82 Å². The fraction of sp³-hybridized carbons (Fsp3) is 0.429. The quantitative estimate of drug-likeness (QED) is 0.817. The minimum absolute atomic E-state index is 0.0244. The maximum Gasteiger partial charge on any atom is 0.231 e. The number of rotatable bonds is 3. The molecule has 0 N–H and O–H groups in total. The van der Waals surface area contributed by atoms with E-state index in [2.05, 4.69) is 14.9 Å². The van der Waals surface area contributed by atoms with Gasteiger partial charge in [0, 0.05) is 19.2 Å². The summed E-state index contributed by atoms with van der Waals surface area (Å²) in [6.45, 7) is 4.36. The van der Waals surface area contributed by atoms with Crippen LogP contribution in [0.5, 0.6) is 0 Å². The SMILES string of the molecule is CC1(C(=O)N2COC[C@H]2c2ccccc2)CCN(c2cc(C#N)ncn2)CC1. The Bertz CT molecular complexity index is 887. The first-order chi connectivity index (χ1) is 13.6. The van der Waals surface area contributed by atoms with E-state index in [-0.39, 0.29) is 11.9 Å². The molecule has 1 amide bonds. The van der Waals surface area contributed by atoms with E-state index in [0.29, 0.717) is 19.0 Å². The number of benzene rings is 1. The van der Waals surface area contributed by atoms with Crippen LogP contribution in [-0.2, 0) is 9.53 Å². The molecular formula is C21H23N5O2. The smallest absolute Gasteiger partial charge is 0.231 e. The second-order valence-electron chi connectivity index (χ2n) is 7.62. The third-order valence-corrected chi connectivity index (χ3v) is 5.80. The van der Waals surface area contributed by atoms with Gasteiger partial charge < -0.3 is 14.5 Å². The number of nitrogens with zero attached hydrogens (tertiary/aromatic N) is 5. The van der Waals surface area contributed by atoms with Crippen molar-refractivity contribution in [2.45, 2.75) is 25.8 Å². The number of ether oxygens (including phenoxy) is 1. The number of nitriles is 1. The number of aromatic nitrogens is 2. The highest BCUT2D eigenvalue weighted by Gasteiger charge is 2.43. The van der Waals surface area contributed by atoms with Crippen molar-refractivity contribution in [2.24, 2.45) is 5.41 Å². The Morgan fingerprint density at radius 2 is 2.00 bits per heavy atom. The molecule has 0 radical (unpaired) electrons. The van der Waals surface area contributed by atoms with Crippen molar-refractivity contribution in [1.29, 1.82) is 5.26 Å². The van der Waals surface area contributed by atoms with Crippen LogP contribution in [-0.4, -0.2) is 47.2 Å². The fourth-order valence-electron chi connectivity index (χ4n) is 3.97. The Labute approximate surface area is 164 Å². The van der Waals surface area contributed by atoms with E-state index < -0.39 is 5.41 Å². The summed E-state index contributed by atoms with van der Waals surface area (Å²) in [5.41, 5.74) is 1.04. The first-order valence-corrected chi connectivity index (χ1v) is 9.51. The Balaban J connectivity index is 1.46. The van der Waals surface area contributed by atoms with Crippen molar-refractivity contribution < 1.29 is 9.53 Å². The molecular weight excluding hydrogens is 354 g/mol. The number of anilines is 1. The lowest BCUT2D eigenvalue weighted by Gasteiger charge is -2.41. The largest absolute Gasteiger partial charge is 0.359 e. The third-order valence-electron chi connectivity index (χ3n) is 5.80. The normalized spacial score (nSPS) is 21.4. The van der Waals surface area contributed by atoms with Gasteiger partial charge in [-0.2, -0.15) is 5.26 Å². The van der Waals surface area contributed by atoms with E-state index in [0.717, 1.165) is 37.3 Å². The van der Waals surface area contributed by atoms with Crippen LogP contribution in [0.25, 0.3) is 0 Å². The van der Waals surface area contributed by atoms with Gasteiger partial charge in [-0.3, -0.25) is 4.79 Å². The topological polar surface area (TPSA) is 82.4 Å². The molecule has 2 aliphatic rings. The van der Waals surface area contributed by atoms with Crippen LogP contribution < -0.4 is 4.90 Å². The summed E-state index contributed by atoms with van der Waals surface area (Å²) in [7, 11) is 0. The Hall–Kier alpha value is -2.98. The molecule has 2 aliphatic heterocycles. The van der Waals surface area contributed by atoms with E-state index in [1.807, 2.05) is 48.2 Å². The predicted molar refractivity (Wildman–Crippen MR) is 103 cm³/mol. The molecule has 0 unspecified atom stereocenters. The second-order valence-corrected chi connectivity index (χ2v) is 7.62. The average Bonchev–Trinajstić information content (AvgIpc) is 3.24. The highest BCUT2D eigenvalue weighted by Crippen LogP contribution is 2.38. The summed E-state index contributed by atoms with van der Waals surface area (Å²) in [5.74, 6) is 0.895. The lowest BCUT2D eigenvalue weighted by Crippen LogP contribution is -2.49. The lowest BCUT2D eigenvalue weighted by atomic mass is 9.78. The standard InChI is InChI=1S/C21H23N5O2/c1-21(7-9-25(10-8-21)19-11-17(12-22)23-14-24-19)20(27)26-15-28-13-18(26)16-5-3-2-4-6-16/h2-6,11,14,18H,7-10,13,15H2,1H3/t18-/m0/s1. The van der Waals surface area contributed by atoms with Gasteiger partial charge in [-0.15, -0.1) is 0 Å². The lowest BCUT2D eigenvalue weighted by molar-refractivity contribution is -0.144. The summed E-state index contributed by atoms with van der Waals surface area (Å²) >= 11 is 0. The molecule has 2 aromatic rings. The fourth-order valence-corrected chi connectivity index (χ4v) is 3.97. The van der Waals surface area contributed by atoms with Crippen LogP contribution in [0, 0.1) is 16.7 Å². The Kier molecular flexibility index (Phi) is 4.97. The molecule has 0 saturated carbocycles. The highest BCUT2D eigenvalue weighted by atomic mass is 16.5. The van der Waals surface area contributed by atoms with Crippen LogP contribution in [0.1, 0.15) is 37.1 Å². The van der Waals surface area contributed by atoms with Gasteiger partial charge in [0.15, 0.2) is 0 Å². The highest BCUT2D eigenvalue weighted by molar-refractivity contribution is 5.83. The van der Waals surface area contributed by atoms with Crippen molar-refractivity contribution >= 4 is 11.7 Å². The molecule has 0 aliphatic carbocycles. The molecule has 7 heteroatoms. The summed E-state index contributed by atoms with van der Waals surface area (Å²) in [6.07, 6.45) is 2.88. The molecule has 1 aromatic carbocycles. The van der Waals surface area contributed by atoms with Crippen molar-refractivity contribution in [2.75, 3.05) is 31.3 Å². The van der Waals surface area contributed by atoms with Gasteiger partial charge in [0.2, 0.25) is 5.91 Å². The third kappa shape index (κ3) is 3.43. The van der Waals surface area contributed by atoms with Crippen molar-refractivity contribution in [3.63, 3.8) is 0 Å². The molecule has 0 spiro atoms. The van der Waals surface area contributed by atoms with E-state index in [4.69, 9.17) is 10.00 Å². The summed E-state index contributed by atoms with van der Waals surface area (Å²) in [4.78, 5) is 25.6. The molecule has 2 saturated heterocycles. The molecule has 1 aromatic heterocycles. The number of carbonyl (C=O) groups excluding carboxylic acids is 1. The first kappa shape index (κ1) is 18.4. The second kappa shape index (κ2) is 7.56. The van der Waals surface area contributed by atoms with E-state index in [9.17, 15) is 4.79 Å². The number of hydrogen-bond donors (Lipinski definition) is 0. The number of piperidine rings is 1. The van der Waals surface area contributed by atoms with Gasteiger partial charge >= 0.3 is 0 Å². The minimum atomic E-state index is -0.428. The van der Waals surface area contributed by atoms with Gasteiger partial charge in [0.25, 0.3) is 0 Å². The van der Waals surface area contributed by atoms with Gasteiger partial charge in [0.1, 0.15) is 30.6 Å². The van der Waals surface area contributed by atoms with E-state index in [1.165, 1.54) is 6.33 Å². The van der Waals surface area contributed by atoms with Crippen LogP contribution in [0.3, 0.4) is 0 Å². The molecule has 2 fully saturated rings. The van der Waals surface area contributed by atoms with Crippen molar-refractivity contribution in [3.05, 3.63) is 54.0 Å². The van der Waals surface area contributed by atoms with Crippen LogP contribution >= 0.6 is 0 Å². The molecule has 3 heterocycles. The maximum absolute atomic E-state index is 13.4. The average molecular weight is 377 g/mol. The molecule has 28 heavy (non-hydrogen) atoms. The zero-order chi connectivity index (χ0) is 19.6. The van der Waals surface area contributed by atoms with Gasteiger partial charge in [-0.25, -0.2) is 9.97 Å². The molecule has 4 rings (SSSR count). The first-order valence-electron chi connectivity index (χ1n) is 9.51. The molecule has 144 valence electrons. The maximum atomic E-state index is 13.4. The molecule has 0 bridgehead atoms. The van der Waals surface area contributed by atoms with Crippen molar-refractivity contribution in [1.82, 2.24) is 14.9 Å². The van der Waals surface area contributed by atoms with Gasteiger partial charge in [-0.05, 0) is 18.4 Å². The molecule has 1 atom stereocenters. The van der Waals surface area contributed by atoms with E-state index in [1.54, 1.807) is 6.07 Å². The zero-order valence-corrected chi connectivity index (χ0v) is 15.9. The number of amides is 1. The predicted octanol–water partition coefficient (Wildman–Crippen LogP) is 2.51. The van der Waals surface area contributed by atoms with Gasteiger partial charge in [0.05, 0.1) is 18.1 Å². The summed E-state index contributed by atoms with van der Waals surface area (Å²) < 4.78 is 5.64. The monoisotopic (exact) mass is 377 g/mol. The number of hydrogen-bond acceptors (Lipinski definition) is 6. The number of carbonyl (C=O) groups is 1. The Morgan fingerprint density at radius 1 is 1.25 bits per heavy atom. The summed E-state index contributed by atoms with van der Waals surface area (Å²) in [6, 6.07) is 13.8. The van der Waals surface area contributed by atoms with Gasteiger partial charge in [-0.1, -0.05) is 37.3 Å². The Morgan fingerprint density at radius 3 is 2.71 bits per heavy atom. The van der Waals surface area contributed by atoms with E-state index >= 15 is 0 Å². The zero-order valence-electron chi connectivity index (χ0n) is 15.9. The summed E-state index contributed by atoms with van der Waals surface area (Å²) in [5, 5.41) is 9.04. The van der Waals surface area contributed by atoms with Crippen LogP contribution in [0.15, 0.2) is 42.7 Å². The van der Waals surface area contributed by atoms with Crippen molar-refractivity contribution in [3.8, 4) is 6.07 Å². The minimum Gasteiger partial charge on any atom is -0.359 e.